The molecule has 0 aromatic heterocycles. The Morgan fingerprint density at radius 1 is 1.20 bits per heavy atom. The number of nitrogens with zero attached hydrogens (tertiary/aromatic N) is 1. The van der Waals surface area contributed by atoms with Gasteiger partial charge in [-0.05, 0) is 43.9 Å². The minimum Gasteiger partial charge on any atom is -0.476 e. The van der Waals surface area contributed by atoms with Crippen molar-refractivity contribution >= 4 is 21.6 Å². The summed E-state index contributed by atoms with van der Waals surface area (Å²) in [7, 11) is -3.54. The Hall–Kier alpha value is -1.76. The molecule has 1 aliphatic heterocycles. The Kier molecular flexibility index (Phi) is 4.85. The highest BCUT2D eigenvalue weighted by molar-refractivity contribution is 7.92. The summed E-state index contributed by atoms with van der Waals surface area (Å²) in [6, 6.07) is 5.47. The number of nitrogens with one attached hydrogen (secondary N) is 1. The van der Waals surface area contributed by atoms with Gasteiger partial charge in [0.2, 0.25) is 10.0 Å². The minimum atomic E-state index is -3.54. The van der Waals surface area contributed by atoms with Crippen LogP contribution in [0.3, 0.4) is 0 Å². The molecule has 0 saturated heterocycles. The summed E-state index contributed by atoms with van der Waals surface area (Å²) < 4.78 is 31.7. The third-order valence-electron chi connectivity index (χ3n) is 3.89. The zero-order valence-corrected chi connectivity index (χ0v) is 16.8. The topological polar surface area (TPSA) is 75.7 Å². The molecule has 0 spiro atoms. The lowest BCUT2D eigenvalue weighted by Crippen LogP contribution is -2.54. The van der Waals surface area contributed by atoms with Gasteiger partial charge in [-0.3, -0.25) is 9.10 Å². The van der Waals surface area contributed by atoms with Crippen LogP contribution in [0.25, 0.3) is 0 Å². The van der Waals surface area contributed by atoms with Crippen LogP contribution in [0.2, 0.25) is 0 Å². The molecule has 1 aliphatic rings. The third kappa shape index (κ3) is 4.66. The maximum atomic E-state index is 12.5. The molecule has 1 heterocycles. The normalized spacial score (nSPS) is 18.4. The van der Waals surface area contributed by atoms with Crippen molar-refractivity contribution in [3.05, 3.63) is 23.8 Å². The van der Waals surface area contributed by atoms with E-state index in [9.17, 15) is 13.2 Å². The second-order valence-corrected chi connectivity index (χ2v) is 10.5. The van der Waals surface area contributed by atoms with Gasteiger partial charge in [0.05, 0.1) is 18.5 Å². The van der Waals surface area contributed by atoms with Crippen molar-refractivity contribution in [2.45, 2.75) is 58.6 Å². The van der Waals surface area contributed by atoms with Crippen LogP contribution in [0.15, 0.2) is 18.2 Å². The second-order valence-electron chi connectivity index (χ2n) is 8.57. The van der Waals surface area contributed by atoms with Crippen molar-refractivity contribution in [2.24, 2.45) is 0 Å². The van der Waals surface area contributed by atoms with E-state index in [2.05, 4.69) is 26.1 Å². The first-order chi connectivity index (χ1) is 11.2. The second kappa shape index (κ2) is 6.20. The monoisotopic (exact) mass is 368 g/mol. The van der Waals surface area contributed by atoms with Gasteiger partial charge < -0.3 is 10.1 Å². The van der Waals surface area contributed by atoms with E-state index in [1.54, 1.807) is 6.07 Å². The lowest BCUT2D eigenvalue weighted by atomic mass is 9.86. The molecule has 140 valence electrons. The molecule has 0 fully saturated rings. The van der Waals surface area contributed by atoms with E-state index in [4.69, 9.17) is 4.74 Å². The highest BCUT2D eigenvalue weighted by Crippen LogP contribution is 2.38. The van der Waals surface area contributed by atoms with E-state index in [0.29, 0.717) is 11.4 Å². The number of hydrogen-bond donors (Lipinski definition) is 1. The third-order valence-corrected chi connectivity index (χ3v) is 5.03. The molecular weight excluding hydrogens is 340 g/mol. The van der Waals surface area contributed by atoms with Gasteiger partial charge in [0, 0.05) is 5.54 Å². The van der Waals surface area contributed by atoms with Crippen molar-refractivity contribution in [1.82, 2.24) is 5.32 Å². The quantitative estimate of drug-likeness (QED) is 0.870. The number of amides is 1. The fraction of sp³-hybridized carbons (Fsp3) is 0.611. The summed E-state index contributed by atoms with van der Waals surface area (Å²) in [6.45, 7) is 11.7. The van der Waals surface area contributed by atoms with Gasteiger partial charge in [-0.25, -0.2) is 8.42 Å². The van der Waals surface area contributed by atoms with Crippen molar-refractivity contribution in [3.63, 3.8) is 0 Å². The van der Waals surface area contributed by atoms with Crippen molar-refractivity contribution in [1.29, 1.82) is 0 Å². The maximum absolute atomic E-state index is 12.5. The van der Waals surface area contributed by atoms with E-state index >= 15 is 0 Å². The van der Waals surface area contributed by atoms with E-state index in [1.807, 2.05) is 32.9 Å². The van der Waals surface area contributed by atoms with Crippen molar-refractivity contribution < 1.29 is 17.9 Å². The summed E-state index contributed by atoms with van der Waals surface area (Å²) in [5, 5.41) is 2.84. The van der Waals surface area contributed by atoms with E-state index in [0.717, 1.165) is 11.8 Å². The number of anilines is 1. The predicted octanol–water partition coefficient (Wildman–Crippen LogP) is 2.43. The molecule has 2 rings (SSSR count). The number of fused-ring (bicyclic) bond motifs is 1. The number of rotatable bonds is 2. The Labute approximate surface area is 150 Å². The van der Waals surface area contributed by atoms with Gasteiger partial charge in [0.15, 0.2) is 6.10 Å². The number of sulfonamides is 1. The Bertz CT molecular complexity index is 773. The Balaban J connectivity index is 2.45. The van der Waals surface area contributed by atoms with Crippen LogP contribution in [0.5, 0.6) is 5.75 Å². The SMILES string of the molecule is CC(C)(C)NC(=O)C1CN(S(C)(=O)=O)c2cc(C(C)(C)C)ccc2O1. The average molecular weight is 368 g/mol. The Morgan fingerprint density at radius 2 is 1.80 bits per heavy atom. The van der Waals surface area contributed by atoms with Crippen LogP contribution >= 0.6 is 0 Å². The molecule has 0 saturated carbocycles. The molecule has 1 aromatic rings. The molecule has 1 unspecified atom stereocenters. The number of benzene rings is 1. The molecule has 1 atom stereocenters. The van der Waals surface area contributed by atoms with Crippen LogP contribution < -0.4 is 14.4 Å². The first kappa shape index (κ1) is 19.6. The minimum absolute atomic E-state index is 0.0403. The molecular formula is C18H28N2O4S. The molecule has 1 amide bonds. The van der Waals surface area contributed by atoms with Gasteiger partial charge in [-0.2, -0.15) is 0 Å². The summed E-state index contributed by atoms with van der Waals surface area (Å²) in [6.07, 6.45) is 0.256. The van der Waals surface area contributed by atoms with Gasteiger partial charge in [-0.1, -0.05) is 26.8 Å². The standard InChI is InChI=1S/C18H28N2O4S/c1-17(2,3)12-8-9-14-13(10-12)20(25(7,22)23)11-15(24-14)16(21)19-18(4,5)6/h8-10,15H,11H2,1-7H3,(H,19,21). The van der Waals surface area contributed by atoms with Crippen molar-refractivity contribution in [3.8, 4) is 5.75 Å². The first-order valence-electron chi connectivity index (χ1n) is 8.29. The fourth-order valence-corrected chi connectivity index (χ4v) is 3.52. The van der Waals surface area contributed by atoms with Gasteiger partial charge in [0.1, 0.15) is 5.75 Å². The predicted molar refractivity (Wildman–Crippen MR) is 99.6 cm³/mol. The number of ether oxygens (including phenoxy) is 1. The molecule has 6 nitrogen and oxygen atoms in total. The first-order valence-corrected chi connectivity index (χ1v) is 10.1. The molecule has 0 radical (unpaired) electrons. The molecule has 7 heteroatoms. The van der Waals surface area contributed by atoms with Crippen molar-refractivity contribution in [2.75, 3.05) is 17.1 Å². The highest BCUT2D eigenvalue weighted by atomic mass is 32.2. The maximum Gasteiger partial charge on any atom is 0.263 e. The van der Waals surface area contributed by atoms with Crippen LogP contribution in [0.4, 0.5) is 5.69 Å². The molecule has 0 aliphatic carbocycles. The Morgan fingerprint density at radius 3 is 2.28 bits per heavy atom. The molecule has 25 heavy (non-hydrogen) atoms. The van der Waals surface area contributed by atoms with Crippen LogP contribution in [-0.4, -0.2) is 38.8 Å². The van der Waals surface area contributed by atoms with Crippen LogP contribution in [0, 0.1) is 0 Å². The summed E-state index contributed by atoms with van der Waals surface area (Å²) in [5.41, 5.74) is 0.932. The fourth-order valence-electron chi connectivity index (χ4n) is 2.62. The van der Waals surface area contributed by atoms with E-state index in [1.165, 1.54) is 4.31 Å². The van der Waals surface area contributed by atoms with Crippen LogP contribution in [-0.2, 0) is 20.2 Å². The number of carbonyl (C=O) groups excluding carboxylic acids is 1. The number of carbonyl (C=O) groups is 1. The zero-order valence-electron chi connectivity index (χ0n) is 16.0. The van der Waals surface area contributed by atoms with Gasteiger partial charge in [-0.15, -0.1) is 0 Å². The van der Waals surface area contributed by atoms with E-state index in [-0.39, 0.29) is 17.9 Å². The largest absolute Gasteiger partial charge is 0.476 e. The highest BCUT2D eigenvalue weighted by Gasteiger charge is 2.36. The van der Waals surface area contributed by atoms with Gasteiger partial charge in [0.25, 0.3) is 5.91 Å². The lowest BCUT2D eigenvalue weighted by Gasteiger charge is -2.36. The van der Waals surface area contributed by atoms with E-state index < -0.39 is 21.7 Å². The molecule has 1 N–H and O–H groups in total. The van der Waals surface area contributed by atoms with Crippen LogP contribution in [0.1, 0.15) is 47.1 Å². The zero-order chi connectivity index (χ0) is 19.2. The molecule has 1 aromatic carbocycles. The average Bonchev–Trinajstić information content (AvgIpc) is 2.41. The summed E-state index contributed by atoms with van der Waals surface area (Å²) >= 11 is 0. The lowest BCUT2D eigenvalue weighted by molar-refractivity contribution is -0.129. The smallest absolute Gasteiger partial charge is 0.263 e. The molecule has 0 bridgehead atoms. The summed E-state index contributed by atoms with van der Waals surface area (Å²) in [4.78, 5) is 12.5. The van der Waals surface area contributed by atoms with Gasteiger partial charge >= 0.3 is 0 Å². The number of hydrogen-bond acceptors (Lipinski definition) is 4. The summed E-state index contributed by atoms with van der Waals surface area (Å²) in [5.74, 6) is 0.0745.